The normalized spacial score (nSPS) is 22.4. The molecule has 0 amide bonds. The minimum Gasteiger partial charge on any atom is -0.485 e. The number of halogens is 2. The third-order valence-electron chi connectivity index (χ3n) is 2.83. The Morgan fingerprint density at radius 1 is 1.53 bits per heavy atom. The predicted octanol–water partition coefficient (Wildman–Crippen LogP) is 3.34. The van der Waals surface area contributed by atoms with E-state index in [1.54, 1.807) is 7.11 Å². The third-order valence-corrected chi connectivity index (χ3v) is 3.29. The molecule has 1 aromatic rings. The number of hydrogen-bond donors (Lipinski definition) is 1. The fraction of sp³-hybridized carbons (Fsp3) is 0.500. The molecule has 3 nitrogen and oxygen atoms in total. The second-order valence-electron chi connectivity index (χ2n) is 4.05. The first kappa shape index (κ1) is 12.8. The molecule has 2 unspecified atom stereocenters. The summed E-state index contributed by atoms with van der Waals surface area (Å²) < 4.78 is 20.1. The molecule has 0 aliphatic carbocycles. The van der Waals surface area contributed by atoms with E-state index in [1.165, 1.54) is 6.07 Å². The smallest absolute Gasteiger partial charge is 0.166 e. The predicted molar refractivity (Wildman–Crippen MR) is 66.3 cm³/mol. The SMILES string of the molecule is CCCC1Oc2c(F)cc(Br)cc2C1NOC. The number of rotatable bonds is 4. The van der Waals surface area contributed by atoms with Crippen LogP contribution in [0.5, 0.6) is 5.75 Å². The van der Waals surface area contributed by atoms with Gasteiger partial charge in [-0.25, -0.2) is 4.39 Å². The number of hydroxylamine groups is 1. The zero-order valence-corrected chi connectivity index (χ0v) is 11.4. The maximum absolute atomic E-state index is 13.8. The van der Waals surface area contributed by atoms with Gasteiger partial charge < -0.3 is 9.57 Å². The van der Waals surface area contributed by atoms with Crippen LogP contribution in [0.25, 0.3) is 0 Å². The molecule has 1 aliphatic heterocycles. The Balaban J connectivity index is 2.35. The van der Waals surface area contributed by atoms with Crippen LogP contribution in [0.4, 0.5) is 4.39 Å². The Labute approximate surface area is 108 Å². The van der Waals surface area contributed by atoms with Gasteiger partial charge in [0.05, 0.1) is 13.2 Å². The summed E-state index contributed by atoms with van der Waals surface area (Å²) in [6, 6.07) is 3.16. The van der Waals surface area contributed by atoms with Gasteiger partial charge in [-0.15, -0.1) is 0 Å². The number of hydrogen-bond acceptors (Lipinski definition) is 3. The van der Waals surface area contributed by atoms with Gasteiger partial charge in [0, 0.05) is 10.0 Å². The third kappa shape index (κ3) is 2.46. The van der Waals surface area contributed by atoms with Crippen molar-refractivity contribution in [3.8, 4) is 5.75 Å². The van der Waals surface area contributed by atoms with E-state index >= 15 is 0 Å². The highest BCUT2D eigenvalue weighted by Crippen LogP contribution is 2.41. The van der Waals surface area contributed by atoms with Gasteiger partial charge in [-0.05, 0) is 18.6 Å². The number of benzene rings is 1. The molecule has 1 aliphatic rings. The molecular weight excluding hydrogens is 289 g/mol. The summed E-state index contributed by atoms with van der Waals surface area (Å²) in [6.07, 6.45) is 1.74. The van der Waals surface area contributed by atoms with Crippen molar-refractivity contribution in [1.82, 2.24) is 5.48 Å². The molecule has 2 atom stereocenters. The lowest BCUT2D eigenvalue weighted by Crippen LogP contribution is -2.30. The molecule has 0 saturated carbocycles. The number of fused-ring (bicyclic) bond motifs is 1. The van der Waals surface area contributed by atoms with E-state index in [0.717, 1.165) is 18.4 Å². The first-order valence-electron chi connectivity index (χ1n) is 5.61. The molecule has 0 aromatic heterocycles. The van der Waals surface area contributed by atoms with E-state index in [2.05, 4.69) is 28.3 Å². The van der Waals surface area contributed by atoms with E-state index in [-0.39, 0.29) is 18.0 Å². The first-order valence-corrected chi connectivity index (χ1v) is 6.40. The molecule has 0 bridgehead atoms. The Morgan fingerprint density at radius 3 is 2.94 bits per heavy atom. The lowest BCUT2D eigenvalue weighted by molar-refractivity contribution is 0.0265. The Kier molecular flexibility index (Phi) is 4.01. The second-order valence-corrected chi connectivity index (χ2v) is 4.97. The van der Waals surface area contributed by atoms with Crippen molar-refractivity contribution in [2.45, 2.75) is 31.9 Å². The van der Waals surface area contributed by atoms with Crippen LogP contribution < -0.4 is 10.2 Å². The molecule has 0 fully saturated rings. The van der Waals surface area contributed by atoms with E-state index in [4.69, 9.17) is 9.57 Å². The fourth-order valence-electron chi connectivity index (χ4n) is 2.13. The van der Waals surface area contributed by atoms with Crippen LogP contribution in [0, 0.1) is 5.82 Å². The van der Waals surface area contributed by atoms with Crippen molar-refractivity contribution in [2.24, 2.45) is 0 Å². The second kappa shape index (κ2) is 5.33. The van der Waals surface area contributed by atoms with Gasteiger partial charge in [0.25, 0.3) is 0 Å². The molecule has 1 heterocycles. The van der Waals surface area contributed by atoms with Gasteiger partial charge in [-0.2, -0.15) is 5.48 Å². The highest BCUT2D eigenvalue weighted by molar-refractivity contribution is 9.10. The Hall–Kier alpha value is -0.650. The Morgan fingerprint density at radius 2 is 2.29 bits per heavy atom. The van der Waals surface area contributed by atoms with Gasteiger partial charge in [0.1, 0.15) is 6.10 Å². The standard InChI is InChI=1S/C12H15BrFNO2/c1-3-4-10-11(15-16-2)8-5-7(13)6-9(14)12(8)17-10/h5-6,10-11,15H,3-4H2,1-2H3. The van der Waals surface area contributed by atoms with Gasteiger partial charge >= 0.3 is 0 Å². The summed E-state index contributed by atoms with van der Waals surface area (Å²) >= 11 is 3.29. The highest BCUT2D eigenvalue weighted by Gasteiger charge is 2.36. The maximum Gasteiger partial charge on any atom is 0.166 e. The zero-order chi connectivity index (χ0) is 12.4. The van der Waals surface area contributed by atoms with Crippen LogP contribution >= 0.6 is 15.9 Å². The quantitative estimate of drug-likeness (QED) is 0.865. The summed E-state index contributed by atoms with van der Waals surface area (Å²) in [5.41, 5.74) is 3.68. The molecule has 0 spiro atoms. The van der Waals surface area contributed by atoms with E-state index in [9.17, 15) is 4.39 Å². The van der Waals surface area contributed by atoms with Crippen molar-refractivity contribution in [3.63, 3.8) is 0 Å². The Bertz CT molecular complexity index is 414. The van der Waals surface area contributed by atoms with Gasteiger partial charge in [0.15, 0.2) is 11.6 Å². The lowest BCUT2D eigenvalue weighted by Gasteiger charge is -2.18. The number of ether oxygens (including phenoxy) is 1. The van der Waals surface area contributed by atoms with Crippen molar-refractivity contribution in [2.75, 3.05) is 7.11 Å². The van der Waals surface area contributed by atoms with Crippen LogP contribution in [0.1, 0.15) is 31.4 Å². The summed E-state index contributed by atoms with van der Waals surface area (Å²) in [7, 11) is 1.55. The molecule has 1 N–H and O–H groups in total. The fourth-order valence-corrected chi connectivity index (χ4v) is 2.58. The van der Waals surface area contributed by atoms with Gasteiger partial charge in [0.2, 0.25) is 0 Å². The van der Waals surface area contributed by atoms with Crippen molar-refractivity contribution in [3.05, 3.63) is 28.0 Å². The molecule has 1 aromatic carbocycles. The van der Waals surface area contributed by atoms with Gasteiger partial charge in [-0.1, -0.05) is 29.3 Å². The van der Waals surface area contributed by atoms with E-state index < -0.39 is 0 Å². The van der Waals surface area contributed by atoms with Crippen LogP contribution in [0.2, 0.25) is 0 Å². The monoisotopic (exact) mass is 303 g/mol. The van der Waals surface area contributed by atoms with Crippen LogP contribution in [-0.2, 0) is 4.84 Å². The van der Waals surface area contributed by atoms with Crippen molar-refractivity contribution >= 4 is 15.9 Å². The zero-order valence-electron chi connectivity index (χ0n) is 9.80. The highest BCUT2D eigenvalue weighted by atomic mass is 79.9. The molecule has 94 valence electrons. The molecule has 2 rings (SSSR count). The largest absolute Gasteiger partial charge is 0.485 e. The topological polar surface area (TPSA) is 30.5 Å². The first-order chi connectivity index (χ1) is 8.17. The number of nitrogens with one attached hydrogen (secondary N) is 1. The average Bonchev–Trinajstić information content (AvgIpc) is 2.59. The lowest BCUT2D eigenvalue weighted by atomic mass is 10.0. The van der Waals surface area contributed by atoms with Crippen LogP contribution in [-0.4, -0.2) is 13.2 Å². The molecule has 5 heteroatoms. The minimum absolute atomic E-state index is 0.0845. The van der Waals surface area contributed by atoms with Crippen LogP contribution in [0.15, 0.2) is 16.6 Å². The van der Waals surface area contributed by atoms with Crippen LogP contribution in [0.3, 0.4) is 0 Å². The maximum atomic E-state index is 13.8. The summed E-state index contributed by atoms with van der Waals surface area (Å²) in [5, 5.41) is 0. The molecule has 0 radical (unpaired) electrons. The summed E-state index contributed by atoms with van der Waals surface area (Å²) in [4.78, 5) is 4.97. The van der Waals surface area contributed by atoms with E-state index in [1.807, 2.05) is 6.07 Å². The minimum atomic E-state index is -0.337. The van der Waals surface area contributed by atoms with Crippen molar-refractivity contribution < 1.29 is 14.0 Å². The molecular formula is C12H15BrFNO2. The molecule has 17 heavy (non-hydrogen) atoms. The average molecular weight is 304 g/mol. The summed E-state index contributed by atoms with van der Waals surface area (Å²) in [5.74, 6) is -0.00270. The van der Waals surface area contributed by atoms with Crippen molar-refractivity contribution in [1.29, 1.82) is 0 Å². The summed E-state index contributed by atoms with van der Waals surface area (Å²) in [6.45, 7) is 2.07. The van der Waals surface area contributed by atoms with Gasteiger partial charge in [-0.3, -0.25) is 0 Å². The van der Waals surface area contributed by atoms with E-state index in [0.29, 0.717) is 10.2 Å². The molecule has 0 saturated heterocycles.